The zero-order chi connectivity index (χ0) is 10.1. The number of halogens is 1. The van der Waals surface area contributed by atoms with E-state index in [1.807, 2.05) is 39.0 Å². The van der Waals surface area contributed by atoms with Gasteiger partial charge in [-0.3, -0.25) is 0 Å². The summed E-state index contributed by atoms with van der Waals surface area (Å²) in [5.74, 6) is 0.791. The van der Waals surface area contributed by atoms with Crippen LogP contribution in [0.4, 0.5) is 5.69 Å². The lowest BCUT2D eigenvalue weighted by molar-refractivity contribution is 0.131. The summed E-state index contributed by atoms with van der Waals surface area (Å²) in [6.45, 7) is 6.01. The quantitative estimate of drug-likeness (QED) is 0.770. The fourth-order valence-electron chi connectivity index (χ4n) is 0.997. The molecule has 0 aliphatic heterocycles. The highest BCUT2D eigenvalue weighted by Gasteiger charge is 2.11. The zero-order valence-electron chi connectivity index (χ0n) is 8.10. The molecule has 0 bridgehead atoms. The molecule has 0 spiro atoms. The third kappa shape index (κ3) is 3.68. The van der Waals surface area contributed by atoms with Crippen molar-refractivity contribution in [3.05, 3.63) is 22.7 Å². The first-order valence-electron chi connectivity index (χ1n) is 4.12. The molecule has 0 heterocycles. The van der Waals surface area contributed by atoms with Gasteiger partial charge < -0.3 is 10.5 Å². The average molecular weight is 244 g/mol. The second-order valence-corrected chi connectivity index (χ2v) is 4.85. The van der Waals surface area contributed by atoms with Crippen molar-refractivity contribution in [1.82, 2.24) is 0 Å². The highest BCUT2D eigenvalue weighted by Crippen LogP contribution is 2.25. The summed E-state index contributed by atoms with van der Waals surface area (Å²) in [7, 11) is 0. The molecule has 0 fully saturated rings. The van der Waals surface area contributed by atoms with E-state index in [0.29, 0.717) is 5.69 Å². The summed E-state index contributed by atoms with van der Waals surface area (Å²) in [4.78, 5) is 0. The lowest BCUT2D eigenvalue weighted by Gasteiger charge is -2.21. The lowest BCUT2D eigenvalue weighted by Crippen LogP contribution is -2.22. The van der Waals surface area contributed by atoms with Gasteiger partial charge in [0.15, 0.2) is 0 Å². The Labute approximate surface area is 87.2 Å². The average Bonchev–Trinajstić information content (AvgIpc) is 1.78. The van der Waals surface area contributed by atoms with Crippen molar-refractivity contribution in [3.8, 4) is 5.75 Å². The van der Waals surface area contributed by atoms with Gasteiger partial charge in [0.1, 0.15) is 11.4 Å². The Kier molecular flexibility index (Phi) is 2.86. The fraction of sp³-hybridized carbons (Fsp3) is 0.400. The maximum atomic E-state index is 5.67. The van der Waals surface area contributed by atoms with E-state index in [0.717, 1.165) is 10.2 Å². The number of hydrogen-bond donors (Lipinski definition) is 1. The molecular formula is C10H14BrNO. The summed E-state index contributed by atoms with van der Waals surface area (Å²) in [5.41, 5.74) is 6.18. The first-order valence-corrected chi connectivity index (χ1v) is 4.91. The Morgan fingerprint density at radius 3 is 2.31 bits per heavy atom. The molecule has 1 aromatic carbocycles. The second-order valence-electron chi connectivity index (χ2n) is 3.93. The second kappa shape index (κ2) is 3.58. The van der Waals surface area contributed by atoms with E-state index in [1.54, 1.807) is 0 Å². The Morgan fingerprint density at radius 2 is 1.85 bits per heavy atom. The predicted octanol–water partition coefficient (Wildman–Crippen LogP) is 3.21. The minimum Gasteiger partial charge on any atom is -0.488 e. The molecule has 0 amide bonds. The summed E-state index contributed by atoms with van der Waals surface area (Å²) in [6, 6.07) is 5.56. The van der Waals surface area contributed by atoms with E-state index < -0.39 is 0 Å². The Balaban J connectivity index is 2.90. The van der Waals surface area contributed by atoms with Crippen LogP contribution in [0.5, 0.6) is 5.75 Å². The highest BCUT2D eigenvalue weighted by atomic mass is 79.9. The van der Waals surface area contributed by atoms with Crippen LogP contribution in [-0.4, -0.2) is 5.60 Å². The molecule has 0 saturated heterocycles. The molecule has 0 aliphatic carbocycles. The normalized spacial score (nSPS) is 11.4. The van der Waals surface area contributed by atoms with Crippen LogP contribution in [0.25, 0.3) is 0 Å². The van der Waals surface area contributed by atoms with E-state index in [4.69, 9.17) is 10.5 Å². The molecule has 72 valence electrons. The highest BCUT2D eigenvalue weighted by molar-refractivity contribution is 9.10. The van der Waals surface area contributed by atoms with Gasteiger partial charge in [0, 0.05) is 16.2 Å². The van der Waals surface area contributed by atoms with Crippen LogP contribution in [0.2, 0.25) is 0 Å². The third-order valence-electron chi connectivity index (χ3n) is 1.32. The summed E-state index contributed by atoms with van der Waals surface area (Å²) < 4.78 is 6.59. The van der Waals surface area contributed by atoms with Gasteiger partial charge in [-0.2, -0.15) is 0 Å². The molecule has 1 aromatic rings. The van der Waals surface area contributed by atoms with Gasteiger partial charge in [0.25, 0.3) is 0 Å². The molecule has 13 heavy (non-hydrogen) atoms. The predicted molar refractivity (Wildman–Crippen MR) is 58.9 cm³/mol. The molecular weight excluding hydrogens is 230 g/mol. The lowest BCUT2D eigenvalue weighted by atomic mass is 10.2. The van der Waals surface area contributed by atoms with Gasteiger partial charge >= 0.3 is 0 Å². The molecule has 0 radical (unpaired) electrons. The van der Waals surface area contributed by atoms with Gasteiger partial charge in [0.05, 0.1) is 0 Å². The van der Waals surface area contributed by atoms with E-state index in [-0.39, 0.29) is 5.60 Å². The van der Waals surface area contributed by atoms with Crippen LogP contribution in [0.1, 0.15) is 20.8 Å². The van der Waals surface area contributed by atoms with Crippen molar-refractivity contribution in [3.63, 3.8) is 0 Å². The Hall–Kier alpha value is -0.700. The van der Waals surface area contributed by atoms with Gasteiger partial charge in [-0.15, -0.1) is 0 Å². The molecule has 3 heteroatoms. The number of anilines is 1. The smallest absolute Gasteiger partial charge is 0.123 e. The maximum absolute atomic E-state index is 5.67. The minimum absolute atomic E-state index is 0.187. The van der Waals surface area contributed by atoms with Gasteiger partial charge in [-0.25, -0.2) is 0 Å². The van der Waals surface area contributed by atoms with E-state index in [9.17, 15) is 0 Å². The first-order chi connectivity index (χ1) is 5.87. The van der Waals surface area contributed by atoms with Crippen molar-refractivity contribution >= 4 is 21.6 Å². The van der Waals surface area contributed by atoms with Crippen LogP contribution < -0.4 is 10.5 Å². The van der Waals surface area contributed by atoms with Gasteiger partial charge in [0.2, 0.25) is 0 Å². The van der Waals surface area contributed by atoms with Gasteiger partial charge in [-0.05, 0) is 32.9 Å². The number of rotatable bonds is 1. The number of hydrogen-bond acceptors (Lipinski definition) is 2. The third-order valence-corrected chi connectivity index (χ3v) is 1.78. The van der Waals surface area contributed by atoms with Crippen molar-refractivity contribution in [2.24, 2.45) is 0 Å². The number of ether oxygens (including phenoxy) is 1. The summed E-state index contributed by atoms with van der Waals surface area (Å²) >= 11 is 3.36. The topological polar surface area (TPSA) is 35.2 Å². The molecule has 0 saturated carbocycles. The molecule has 0 unspecified atom stereocenters. The number of benzene rings is 1. The molecule has 0 aromatic heterocycles. The molecule has 0 atom stereocenters. The molecule has 1 rings (SSSR count). The summed E-state index contributed by atoms with van der Waals surface area (Å²) in [5, 5.41) is 0. The molecule has 2 nitrogen and oxygen atoms in total. The first kappa shape index (κ1) is 10.4. The fourth-order valence-corrected chi connectivity index (χ4v) is 1.49. The molecule has 2 N–H and O–H groups in total. The van der Waals surface area contributed by atoms with Crippen molar-refractivity contribution in [1.29, 1.82) is 0 Å². The Bertz CT molecular complexity index is 284. The number of nitrogen functional groups attached to an aromatic ring is 1. The molecule has 0 aliphatic rings. The zero-order valence-corrected chi connectivity index (χ0v) is 9.68. The van der Waals surface area contributed by atoms with Crippen LogP contribution in [0.15, 0.2) is 22.7 Å². The van der Waals surface area contributed by atoms with Crippen molar-refractivity contribution in [2.45, 2.75) is 26.4 Å². The minimum atomic E-state index is -0.187. The number of nitrogens with two attached hydrogens (primary N) is 1. The van der Waals surface area contributed by atoms with Gasteiger partial charge in [-0.1, -0.05) is 15.9 Å². The summed E-state index contributed by atoms with van der Waals surface area (Å²) in [6.07, 6.45) is 0. The Morgan fingerprint density at radius 1 is 1.23 bits per heavy atom. The standard InChI is InChI=1S/C10H14BrNO/c1-10(2,3)13-9-5-7(11)4-8(12)6-9/h4-6H,12H2,1-3H3. The van der Waals surface area contributed by atoms with E-state index in [1.165, 1.54) is 0 Å². The van der Waals surface area contributed by atoms with Crippen molar-refractivity contribution < 1.29 is 4.74 Å². The van der Waals surface area contributed by atoms with E-state index in [2.05, 4.69) is 15.9 Å². The van der Waals surface area contributed by atoms with Crippen LogP contribution in [0.3, 0.4) is 0 Å². The van der Waals surface area contributed by atoms with Crippen LogP contribution in [0, 0.1) is 0 Å². The van der Waals surface area contributed by atoms with Crippen LogP contribution >= 0.6 is 15.9 Å². The maximum Gasteiger partial charge on any atom is 0.123 e. The largest absolute Gasteiger partial charge is 0.488 e. The van der Waals surface area contributed by atoms with E-state index >= 15 is 0 Å². The van der Waals surface area contributed by atoms with Crippen LogP contribution in [-0.2, 0) is 0 Å². The van der Waals surface area contributed by atoms with Crippen molar-refractivity contribution in [2.75, 3.05) is 5.73 Å². The monoisotopic (exact) mass is 243 g/mol. The SMILES string of the molecule is CC(C)(C)Oc1cc(N)cc(Br)c1.